The lowest BCUT2D eigenvalue weighted by atomic mass is 9.83. The fraction of sp³-hybridized carbons (Fsp3) is 0. The molecule has 0 atom stereocenters. The molecule has 0 unspecified atom stereocenters. The Balaban J connectivity index is 1.82. The first kappa shape index (κ1) is 20.0. The molecule has 0 aliphatic carbocycles. The zero-order chi connectivity index (χ0) is 22.2. The average molecular weight is 485 g/mol. The van der Waals surface area contributed by atoms with E-state index in [1.54, 1.807) is 0 Å². The van der Waals surface area contributed by atoms with E-state index >= 15 is 0 Å². The molecule has 0 bridgehead atoms. The Morgan fingerprint density at radius 1 is 0.394 bits per heavy atom. The third-order valence-electron chi connectivity index (χ3n) is 6.29. The van der Waals surface area contributed by atoms with Gasteiger partial charge in [-0.15, -0.1) is 0 Å². The Kier molecular flexibility index (Phi) is 5.05. The second kappa shape index (κ2) is 8.35. The lowest BCUT2D eigenvalue weighted by molar-refractivity contribution is 1.58. The molecule has 0 nitrogen and oxygen atoms in total. The Bertz CT molecular complexity index is 1580. The molecule has 1 heteroatoms. The van der Waals surface area contributed by atoms with Gasteiger partial charge in [0.15, 0.2) is 0 Å². The van der Waals surface area contributed by atoms with Gasteiger partial charge in [0, 0.05) is 4.47 Å². The van der Waals surface area contributed by atoms with Gasteiger partial charge in [0.25, 0.3) is 0 Å². The van der Waals surface area contributed by atoms with Crippen LogP contribution in [0.4, 0.5) is 0 Å². The molecule has 0 fully saturated rings. The van der Waals surface area contributed by atoms with Crippen LogP contribution >= 0.6 is 15.9 Å². The Hall–Kier alpha value is -3.68. The lowest BCUT2D eigenvalue weighted by Crippen LogP contribution is -1.93. The summed E-state index contributed by atoms with van der Waals surface area (Å²) in [7, 11) is 0. The SMILES string of the molecule is Brc1ccc(-c2c(-c3ccccc3)c(-c3ccccc3)cc3cc4ccccc4cc23)cc1. The molecule has 33 heavy (non-hydrogen) atoms. The van der Waals surface area contributed by atoms with Crippen molar-refractivity contribution in [1.29, 1.82) is 0 Å². The van der Waals surface area contributed by atoms with E-state index < -0.39 is 0 Å². The van der Waals surface area contributed by atoms with Gasteiger partial charge in [0.2, 0.25) is 0 Å². The third-order valence-corrected chi connectivity index (χ3v) is 6.82. The molecule has 0 saturated carbocycles. The van der Waals surface area contributed by atoms with Crippen LogP contribution in [0.1, 0.15) is 0 Å². The monoisotopic (exact) mass is 484 g/mol. The van der Waals surface area contributed by atoms with Crippen LogP contribution in [-0.2, 0) is 0 Å². The minimum atomic E-state index is 1.08. The van der Waals surface area contributed by atoms with Crippen LogP contribution in [0.25, 0.3) is 54.9 Å². The van der Waals surface area contributed by atoms with E-state index in [1.807, 2.05) is 0 Å². The van der Waals surface area contributed by atoms with Crippen molar-refractivity contribution in [2.45, 2.75) is 0 Å². The highest BCUT2D eigenvalue weighted by atomic mass is 79.9. The molecule has 0 amide bonds. The minimum Gasteiger partial charge on any atom is -0.0622 e. The summed E-state index contributed by atoms with van der Waals surface area (Å²) in [6.45, 7) is 0. The molecule has 6 aromatic rings. The topological polar surface area (TPSA) is 0 Å². The minimum absolute atomic E-state index is 1.08. The fourth-order valence-corrected chi connectivity index (χ4v) is 5.02. The number of rotatable bonds is 3. The van der Waals surface area contributed by atoms with E-state index in [0.29, 0.717) is 0 Å². The molecular formula is C32H21Br. The molecule has 0 aliphatic heterocycles. The van der Waals surface area contributed by atoms with Gasteiger partial charge in [0.1, 0.15) is 0 Å². The van der Waals surface area contributed by atoms with Gasteiger partial charge in [-0.1, -0.05) is 113 Å². The van der Waals surface area contributed by atoms with Gasteiger partial charge in [-0.05, 0) is 85.3 Å². The normalized spacial score (nSPS) is 11.2. The van der Waals surface area contributed by atoms with E-state index in [2.05, 4.69) is 143 Å². The van der Waals surface area contributed by atoms with Gasteiger partial charge in [-0.3, -0.25) is 0 Å². The molecule has 6 rings (SSSR count). The largest absolute Gasteiger partial charge is 0.0622 e. The van der Waals surface area contributed by atoms with Gasteiger partial charge < -0.3 is 0 Å². The van der Waals surface area contributed by atoms with Crippen molar-refractivity contribution in [2.75, 3.05) is 0 Å². The first-order valence-corrected chi connectivity index (χ1v) is 11.9. The summed E-state index contributed by atoms with van der Waals surface area (Å²) in [4.78, 5) is 0. The van der Waals surface area contributed by atoms with Crippen LogP contribution < -0.4 is 0 Å². The van der Waals surface area contributed by atoms with Crippen molar-refractivity contribution in [3.8, 4) is 33.4 Å². The number of fused-ring (bicyclic) bond motifs is 2. The Labute approximate surface area is 202 Å². The van der Waals surface area contributed by atoms with E-state index in [0.717, 1.165) is 4.47 Å². The maximum atomic E-state index is 3.61. The third kappa shape index (κ3) is 3.65. The maximum Gasteiger partial charge on any atom is 0.0175 e. The summed E-state index contributed by atoms with van der Waals surface area (Å²) in [6.07, 6.45) is 0. The van der Waals surface area contributed by atoms with Crippen LogP contribution in [0.5, 0.6) is 0 Å². The second-order valence-electron chi connectivity index (χ2n) is 8.33. The van der Waals surface area contributed by atoms with Crippen molar-refractivity contribution in [2.24, 2.45) is 0 Å². The zero-order valence-electron chi connectivity index (χ0n) is 18.0. The molecule has 0 heterocycles. The van der Waals surface area contributed by atoms with Gasteiger partial charge in [-0.25, -0.2) is 0 Å². The standard InChI is InChI=1S/C32H21Br/c33-28-17-15-24(16-18-28)32-30-20-26-14-8-7-13-25(26)19-27(30)21-29(22-9-3-1-4-10-22)31(32)23-11-5-2-6-12-23/h1-21H. The van der Waals surface area contributed by atoms with Crippen molar-refractivity contribution >= 4 is 37.5 Å². The van der Waals surface area contributed by atoms with E-state index in [4.69, 9.17) is 0 Å². The predicted octanol–water partition coefficient (Wildman–Crippen LogP) is 9.76. The van der Waals surface area contributed by atoms with Gasteiger partial charge in [-0.2, -0.15) is 0 Å². The maximum absolute atomic E-state index is 3.61. The van der Waals surface area contributed by atoms with Crippen LogP contribution in [0.15, 0.2) is 132 Å². The number of hydrogen-bond donors (Lipinski definition) is 0. The number of hydrogen-bond acceptors (Lipinski definition) is 0. The van der Waals surface area contributed by atoms with E-state index in [9.17, 15) is 0 Å². The quantitative estimate of drug-likeness (QED) is 0.219. The molecule has 0 N–H and O–H groups in total. The van der Waals surface area contributed by atoms with Crippen molar-refractivity contribution in [1.82, 2.24) is 0 Å². The zero-order valence-corrected chi connectivity index (χ0v) is 19.6. The average Bonchev–Trinajstić information content (AvgIpc) is 2.88. The first-order chi connectivity index (χ1) is 16.3. The number of benzene rings is 6. The van der Waals surface area contributed by atoms with Gasteiger partial charge in [0.05, 0.1) is 0 Å². The van der Waals surface area contributed by atoms with Crippen LogP contribution in [0.3, 0.4) is 0 Å². The summed E-state index contributed by atoms with van der Waals surface area (Å²) in [5, 5.41) is 5.05. The highest BCUT2D eigenvalue weighted by Crippen LogP contribution is 2.45. The molecule has 0 aliphatic rings. The van der Waals surface area contributed by atoms with Crippen LogP contribution in [-0.4, -0.2) is 0 Å². The molecule has 6 aromatic carbocycles. The first-order valence-electron chi connectivity index (χ1n) is 11.1. The Morgan fingerprint density at radius 3 is 1.61 bits per heavy atom. The second-order valence-corrected chi connectivity index (χ2v) is 9.25. The van der Waals surface area contributed by atoms with Crippen molar-refractivity contribution < 1.29 is 0 Å². The molecule has 156 valence electrons. The summed E-state index contributed by atoms with van der Waals surface area (Å²) in [6, 6.07) is 45.9. The van der Waals surface area contributed by atoms with Crippen LogP contribution in [0.2, 0.25) is 0 Å². The predicted molar refractivity (Wildman–Crippen MR) is 145 cm³/mol. The fourth-order valence-electron chi connectivity index (χ4n) is 4.76. The lowest BCUT2D eigenvalue weighted by Gasteiger charge is -2.20. The van der Waals surface area contributed by atoms with Gasteiger partial charge >= 0.3 is 0 Å². The summed E-state index contributed by atoms with van der Waals surface area (Å²) >= 11 is 3.61. The molecule has 0 saturated heterocycles. The summed E-state index contributed by atoms with van der Waals surface area (Å²) in [5.41, 5.74) is 7.47. The van der Waals surface area contributed by atoms with Crippen molar-refractivity contribution in [3.63, 3.8) is 0 Å². The van der Waals surface area contributed by atoms with E-state index in [1.165, 1.54) is 54.9 Å². The summed E-state index contributed by atoms with van der Waals surface area (Å²) < 4.78 is 1.08. The smallest absolute Gasteiger partial charge is 0.0175 e. The molecule has 0 aromatic heterocycles. The highest BCUT2D eigenvalue weighted by Gasteiger charge is 2.18. The molecule has 0 spiro atoms. The summed E-state index contributed by atoms with van der Waals surface area (Å²) in [5.74, 6) is 0. The number of halogens is 1. The van der Waals surface area contributed by atoms with Crippen molar-refractivity contribution in [3.05, 3.63) is 132 Å². The molecule has 0 radical (unpaired) electrons. The molecular weight excluding hydrogens is 464 g/mol. The highest BCUT2D eigenvalue weighted by molar-refractivity contribution is 9.10. The Morgan fingerprint density at radius 2 is 0.939 bits per heavy atom. The van der Waals surface area contributed by atoms with E-state index in [-0.39, 0.29) is 0 Å². The van der Waals surface area contributed by atoms with Crippen LogP contribution in [0, 0.1) is 0 Å².